The third-order valence-corrected chi connectivity index (χ3v) is 6.60. The number of aromatic nitrogens is 3. The summed E-state index contributed by atoms with van der Waals surface area (Å²) in [7, 11) is -3.82. The van der Waals surface area contributed by atoms with Crippen molar-refractivity contribution < 1.29 is 8.42 Å². The van der Waals surface area contributed by atoms with Crippen molar-refractivity contribution in [3.63, 3.8) is 0 Å². The number of hydrogen-bond donors (Lipinski definition) is 2. The highest BCUT2D eigenvalue weighted by Crippen LogP contribution is 2.26. The lowest BCUT2D eigenvalue weighted by Crippen LogP contribution is -2.29. The molecule has 0 saturated carbocycles. The Hall–Kier alpha value is -2.13. The first-order valence-corrected chi connectivity index (χ1v) is 11.2. The molecule has 10 heteroatoms. The molecule has 0 saturated heterocycles. The lowest BCUT2D eigenvalue weighted by atomic mass is 10.2. The molecule has 29 heavy (non-hydrogen) atoms. The zero-order chi connectivity index (χ0) is 21.2. The van der Waals surface area contributed by atoms with Crippen molar-refractivity contribution in [2.24, 2.45) is 0 Å². The number of rotatable bonds is 7. The quantitative estimate of drug-likeness (QED) is 0.541. The molecule has 0 aliphatic heterocycles. The normalized spacial score (nSPS) is 12.7. The third-order valence-electron chi connectivity index (χ3n) is 4.32. The van der Waals surface area contributed by atoms with Crippen LogP contribution in [0.4, 0.5) is 11.6 Å². The maximum Gasteiger partial charge on any atom is 0.241 e. The first kappa shape index (κ1) is 21.6. The van der Waals surface area contributed by atoms with E-state index in [1.807, 2.05) is 42.7 Å². The van der Waals surface area contributed by atoms with E-state index < -0.39 is 16.1 Å². The van der Waals surface area contributed by atoms with Gasteiger partial charge < -0.3 is 5.32 Å². The number of nitrogens with zero attached hydrogens (tertiary/aromatic N) is 3. The SMILES string of the molecule is CCn1c(Nc2ccc(C)cc2)nnc1C(C)NS(=O)(=O)c1ccc(Cl)c(Cl)c1. The summed E-state index contributed by atoms with van der Waals surface area (Å²) in [6, 6.07) is 11.4. The van der Waals surface area contributed by atoms with Gasteiger partial charge in [-0.1, -0.05) is 40.9 Å². The minimum atomic E-state index is -3.82. The first-order valence-electron chi connectivity index (χ1n) is 8.95. The topological polar surface area (TPSA) is 88.9 Å². The van der Waals surface area contributed by atoms with E-state index in [1.165, 1.54) is 18.2 Å². The van der Waals surface area contributed by atoms with Crippen molar-refractivity contribution in [2.45, 2.75) is 38.3 Å². The van der Waals surface area contributed by atoms with Gasteiger partial charge in [-0.25, -0.2) is 13.1 Å². The molecule has 2 aromatic carbocycles. The van der Waals surface area contributed by atoms with Gasteiger partial charge in [0, 0.05) is 12.2 Å². The molecule has 0 aliphatic carbocycles. The molecule has 0 spiro atoms. The van der Waals surface area contributed by atoms with Crippen LogP contribution in [0.3, 0.4) is 0 Å². The molecule has 154 valence electrons. The zero-order valence-electron chi connectivity index (χ0n) is 16.1. The van der Waals surface area contributed by atoms with Crippen molar-refractivity contribution in [1.29, 1.82) is 0 Å². The Morgan fingerprint density at radius 2 is 1.76 bits per heavy atom. The van der Waals surface area contributed by atoms with Crippen LogP contribution in [-0.4, -0.2) is 23.2 Å². The summed E-state index contributed by atoms with van der Waals surface area (Å²) in [5.41, 5.74) is 2.02. The second-order valence-electron chi connectivity index (χ2n) is 6.54. The van der Waals surface area contributed by atoms with Crippen LogP contribution < -0.4 is 10.0 Å². The fraction of sp³-hybridized carbons (Fsp3) is 0.263. The van der Waals surface area contributed by atoms with Gasteiger partial charge in [0.15, 0.2) is 5.82 Å². The van der Waals surface area contributed by atoms with Gasteiger partial charge in [-0.2, -0.15) is 0 Å². The van der Waals surface area contributed by atoms with Crippen LogP contribution >= 0.6 is 23.2 Å². The maximum absolute atomic E-state index is 12.7. The van der Waals surface area contributed by atoms with Crippen molar-refractivity contribution in [3.05, 3.63) is 63.9 Å². The molecule has 0 bridgehead atoms. The van der Waals surface area contributed by atoms with Crippen molar-refractivity contribution in [2.75, 3.05) is 5.32 Å². The fourth-order valence-corrected chi connectivity index (χ4v) is 4.39. The standard InChI is InChI=1S/C19H21Cl2N5O2S/c1-4-26-18(23-24-19(26)22-14-7-5-12(2)6-8-14)13(3)25-29(27,28)15-9-10-16(20)17(21)11-15/h5-11,13,25H,4H2,1-3H3,(H,22,24). The van der Waals surface area contributed by atoms with Gasteiger partial charge in [-0.3, -0.25) is 4.57 Å². The van der Waals surface area contributed by atoms with Crippen LogP contribution in [0.1, 0.15) is 31.3 Å². The minimum absolute atomic E-state index is 0.0271. The summed E-state index contributed by atoms with van der Waals surface area (Å²) < 4.78 is 29.9. The molecule has 0 radical (unpaired) electrons. The van der Waals surface area contributed by atoms with Crippen LogP contribution in [0.25, 0.3) is 0 Å². The zero-order valence-corrected chi connectivity index (χ0v) is 18.5. The summed E-state index contributed by atoms with van der Waals surface area (Å²) in [5, 5.41) is 12.0. The van der Waals surface area contributed by atoms with E-state index in [1.54, 1.807) is 6.92 Å². The highest BCUT2D eigenvalue weighted by Gasteiger charge is 2.24. The summed E-state index contributed by atoms with van der Waals surface area (Å²) in [5.74, 6) is 1.03. The highest BCUT2D eigenvalue weighted by atomic mass is 35.5. The van der Waals surface area contributed by atoms with Crippen molar-refractivity contribution in [3.8, 4) is 0 Å². The number of benzene rings is 2. The number of nitrogens with one attached hydrogen (secondary N) is 2. The van der Waals surface area contributed by atoms with E-state index in [2.05, 4.69) is 20.2 Å². The van der Waals surface area contributed by atoms with Crippen LogP contribution in [-0.2, 0) is 16.6 Å². The number of hydrogen-bond acceptors (Lipinski definition) is 5. The molecule has 1 atom stereocenters. The summed E-state index contributed by atoms with van der Waals surface area (Å²) in [6.45, 7) is 6.22. The first-order chi connectivity index (χ1) is 13.7. The lowest BCUT2D eigenvalue weighted by molar-refractivity contribution is 0.547. The van der Waals surface area contributed by atoms with Gasteiger partial charge in [0.05, 0.1) is 21.0 Å². The van der Waals surface area contributed by atoms with Crippen LogP contribution in [0.5, 0.6) is 0 Å². The average Bonchev–Trinajstić information content (AvgIpc) is 3.08. The van der Waals surface area contributed by atoms with Gasteiger partial charge in [-0.05, 0) is 51.1 Å². The van der Waals surface area contributed by atoms with E-state index >= 15 is 0 Å². The van der Waals surface area contributed by atoms with E-state index in [9.17, 15) is 8.42 Å². The molecule has 0 aliphatic rings. The Morgan fingerprint density at radius 1 is 1.07 bits per heavy atom. The second kappa shape index (κ2) is 8.71. The predicted octanol–water partition coefficient (Wildman–Crippen LogP) is 4.70. The number of sulfonamides is 1. The number of anilines is 2. The summed E-state index contributed by atoms with van der Waals surface area (Å²) in [6.07, 6.45) is 0. The van der Waals surface area contributed by atoms with Crippen molar-refractivity contribution >= 4 is 44.9 Å². The van der Waals surface area contributed by atoms with Crippen LogP contribution in [0.15, 0.2) is 47.4 Å². The summed E-state index contributed by atoms with van der Waals surface area (Å²) >= 11 is 11.8. The van der Waals surface area contributed by atoms with Gasteiger partial charge in [-0.15, -0.1) is 10.2 Å². The van der Waals surface area contributed by atoms with E-state index in [4.69, 9.17) is 23.2 Å². The molecule has 7 nitrogen and oxygen atoms in total. The smallest absolute Gasteiger partial charge is 0.241 e. The molecule has 0 fully saturated rings. The molecule has 1 aromatic heterocycles. The maximum atomic E-state index is 12.7. The Labute approximate surface area is 180 Å². The minimum Gasteiger partial charge on any atom is -0.324 e. The van der Waals surface area contributed by atoms with E-state index in [0.29, 0.717) is 18.3 Å². The van der Waals surface area contributed by atoms with Gasteiger partial charge in [0.25, 0.3) is 0 Å². The molecule has 1 unspecified atom stereocenters. The predicted molar refractivity (Wildman–Crippen MR) is 115 cm³/mol. The van der Waals surface area contributed by atoms with Crippen LogP contribution in [0.2, 0.25) is 10.0 Å². The van der Waals surface area contributed by atoms with Gasteiger partial charge in [0.2, 0.25) is 16.0 Å². The largest absolute Gasteiger partial charge is 0.324 e. The van der Waals surface area contributed by atoms with Gasteiger partial charge in [0.1, 0.15) is 0 Å². The molecule has 0 amide bonds. The molecule has 2 N–H and O–H groups in total. The Kier molecular flexibility index (Phi) is 6.48. The van der Waals surface area contributed by atoms with Crippen LogP contribution in [0, 0.1) is 6.92 Å². The Balaban J connectivity index is 1.83. The lowest BCUT2D eigenvalue weighted by Gasteiger charge is -2.16. The monoisotopic (exact) mass is 453 g/mol. The second-order valence-corrected chi connectivity index (χ2v) is 9.06. The Bertz CT molecular complexity index is 1110. The molecule has 1 heterocycles. The molecular formula is C19H21Cl2N5O2S. The highest BCUT2D eigenvalue weighted by molar-refractivity contribution is 7.89. The number of aryl methyl sites for hydroxylation is 1. The Morgan fingerprint density at radius 3 is 2.38 bits per heavy atom. The molecule has 3 rings (SSSR count). The molecular weight excluding hydrogens is 433 g/mol. The summed E-state index contributed by atoms with van der Waals surface area (Å²) in [4.78, 5) is 0.0271. The van der Waals surface area contributed by atoms with Gasteiger partial charge >= 0.3 is 0 Å². The van der Waals surface area contributed by atoms with E-state index in [-0.39, 0.29) is 14.9 Å². The third kappa shape index (κ3) is 4.90. The van der Waals surface area contributed by atoms with Crippen molar-refractivity contribution in [1.82, 2.24) is 19.5 Å². The fourth-order valence-electron chi connectivity index (χ4n) is 2.80. The van der Waals surface area contributed by atoms with E-state index in [0.717, 1.165) is 11.3 Å². The number of halogens is 2. The average molecular weight is 454 g/mol. The molecule has 3 aromatic rings.